The minimum absolute atomic E-state index is 0.00112. The molecule has 6 amide bonds. The summed E-state index contributed by atoms with van der Waals surface area (Å²) in [7, 11) is -1.95. The van der Waals surface area contributed by atoms with E-state index in [1.165, 1.54) is 25.3 Å². The number of urea groups is 1. The molecular formula is C32H30BF3N6O11. The number of phenolic OH excluding ortho intramolecular Hbond substituents is 2. The molecule has 3 aromatic rings. The monoisotopic (exact) mass is 742 g/mol. The van der Waals surface area contributed by atoms with Gasteiger partial charge in [0.05, 0.1) is 17.7 Å². The van der Waals surface area contributed by atoms with E-state index in [9.17, 15) is 62.3 Å². The van der Waals surface area contributed by atoms with Crippen LogP contribution < -0.4 is 20.6 Å². The quantitative estimate of drug-likeness (QED) is 0.0642. The maximum Gasteiger partial charge on any atom is 0.547 e. The average molecular weight is 742 g/mol. The topological polar surface area (TPSA) is 248 Å². The Bertz CT molecular complexity index is 2020. The van der Waals surface area contributed by atoms with Crippen molar-refractivity contribution in [2.75, 3.05) is 26.2 Å². The van der Waals surface area contributed by atoms with Crippen molar-refractivity contribution in [3.63, 3.8) is 0 Å². The molecule has 1 fully saturated rings. The molecule has 0 spiro atoms. The molecule has 2 aromatic carbocycles. The van der Waals surface area contributed by atoms with Crippen molar-refractivity contribution >= 4 is 42.7 Å². The SMILES string of the molecule is Cc1c(C(NC(=O)N2CCN(CCCNC(=O)c3ccncc3F)C(=O)C2=O)C(=O)N[C@H]2Cc3ccc(F)c(C(=O)O)c3OB2O)cc(F)c(O)c1O. The Morgan fingerprint density at radius 1 is 1.04 bits per heavy atom. The number of amides is 6. The molecule has 0 radical (unpaired) electrons. The Balaban J connectivity index is 1.28. The third kappa shape index (κ3) is 7.78. The van der Waals surface area contributed by atoms with Crippen molar-refractivity contribution in [3.05, 3.63) is 81.9 Å². The lowest BCUT2D eigenvalue weighted by Gasteiger charge is -2.34. The van der Waals surface area contributed by atoms with Crippen LogP contribution in [0.2, 0.25) is 0 Å². The van der Waals surface area contributed by atoms with Gasteiger partial charge in [-0.1, -0.05) is 6.07 Å². The van der Waals surface area contributed by atoms with Crippen LogP contribution in [0.4, 0.5) is 18.0 Å². The van der Waals surface area contributed by atoms with E-state index < -0.39 is 101 Å². The summed E-state index contributed by atoms with van der Waals surface area (Å²) in [6.07, 6.45) is 1.95. The van der Waals surface area contributed by atoms with Crippen molar-refractivity contribution in [1.82, 2.24) is 30.7 Å². The fraction of sp³-hybridized carbons (Fsp3) is 0.281. The van der Waals surface area contributed by atoms with Crippen LogP contribution in [0.1, 0.15) is 49.9 Å². The Hall–Kier alpha value is -6.38. The molecule has 1 saturated heterocycles. The number of carbonyl (C=O) groups is 6. The fourth-order valence-corrected chi connectivity index (χ4v) is 5.76. The summed E-state index contributed by atoms with van der Waals surface area (Å²) < 4.78 is 47.9. The first-order chi connectivity index (χ1) is 25.1. The predicted octanol–water partition coefficient (Wildman–Crippen LogP) is 0.298. The van der Waals surface area contributed by atoms with Gasteiger partial charge in [0.2, 0.25) is 5.91 Å². The summed E-state index contributed by atoms with van der Waals surface area (Å²) in [5.41, 5.74) is -1.69. The molecule has 1 aromatic heterocycles. The number of hydrogen-bond donors (Lipinski definition) is 7. The minimum Gasteiger partial charge on any atom is -0.534 e. The molecule has 5 rings (SSSR count). The molecule has 1 unspecified atom stereocenters. The Morgan fingerprint density at radius 3 is 2.47 bits per heavy atom. The molecule has 2 aliphatic rings. The second-order valence-corrected chi connectivity index (χ2v) is 11.9. The van der Waals surface area contributed by atoms with Gasteiger partial charge >= 0.3 is 30.9 Å². The summed E-state index contributed by atoms with van der Waals surface area (Å²) in [4.78, 5) is 82.0. The number of carbonyl (C=O) groups excluding carboxylic acids is 5. The Kier molecular flexibility index (Phi) is 11.1. The maximum atomic E-state index is 14.6. The van der Waals surface area contributed by atoms with Crippen LogP contribution >= 0.6 is 0 Å². The lowest BCUT2D eigenvalue weighted by atomic mass is 9.72. The highest BCUT2D eigenvalue weighted by atomic mass is 19.1. The molecule has 278 valence electrons. The van der Waals surface area contributed by atoms with Gasteiger partial charge in [-0.25, -0.2) is 22.8 Å². The number of nitrogens with one attached hydrogen (secondary N) is 3. The Labute approximate surface area is 297 Å². The molecule has 0 saturated carbocycles. The zero-order valence-corrected chi connectivity index (χ0v) is 27.6. The number of aromatic nitrogens is 1. The normalized spacial score (nSPS) is 16.0. The van der Waals surface area contributed by atoms with Gasteiger partial charge in [-0.05, 0) is 49.1 Å². The lowest BCUT2D eigenvalue weighted by Crippen LogP contribution is -2.60. The van der Waals surface area contributed by atoms with Gasteiger partial charge in [0.25, 0.3) is 5.91 Å². The van der Waals surface area contributed by atoms with Crippen LogP contribution in [0.15, 0.2) is 36.7 Å². The number of carboxylic acid groups (broad SMARTS) is 1. The molecular weight excluding hydrogens is 712 g/mol. The fourth-order valence-electron chi connectivity index (χ4n) is 5.76. The molecule has 21 heteroatoms. The van der Waals surface area contributed by atoms with Gasteiger partial charge in [-0.3, -0.25) is 29.1 Å². The molecule has 3 heterocycles. The maximum absolute atomic E-state index is 14.6. The molecule has 7 N–H and O–H groups in total. The summed E-state index contributed by atoms with van der Waals surface area (Å²) in [5, 5.41) is 47.3. The number of aromatic hydroxyl groups is 2. The first kappa shape index (κ1) is 37.9. The molecule has 53 heavy (non-hydrogen) atoms. The van der Waals surface area contributed by atoms with E-state index in [-0.39, 0.29) is 55.7 Å². The van der Waals surface area contributed by atoms with Gasteiger partial charge < -0.3 is 45.8 Å². The standard InChI is InChI=1S/C32H30BF3N6O11/c1-14-17(12-19(35)25(44)24(14)43)23(28(46)39-21-11-15-3-4-18(34)22(31(49)50)26(15)53-33(21)52)40-32(51)42-10-9-41(29(47)30(42)48)8-2-6-38-27(45)16-5-7-37-13-20(16)36/h3-5,7,12-13,21,23,43-44,52H,2,6,8-11H2,1H3,(H,38,45)(H,39,46)(H,40,51)(H,49,50)/t21-,23?/m0/s1. The zero-order valence-electron chi connectivity index (χ0n) is 27.6. The lowest BCUT2D eigenvalue weighted by molar-refractivity contribution is -0.153. The number of carboxylic acids is 1. The first-order valence-corrected chi connectivity index (χ1v) is 15.8. The predicted molar refractivity (Wildman–Crippen MR) is 173 cm³/mol. The number of nitrogens with zero attached hydrogens (tertiary/aromatic N) is 3. The Morgan fingerprint density at radius 2 is 1.77 bits per heavy atom. The number of benzene rings is 2. The number of hydrogen-bond acceptors (Lipinski definition) is 11. The van der Waals surface area contributed by atoms with Crippen molar-refractivity contribution in [2.45, 2.75) is 31.7 Å². The number of halogens is 3. The van der Waals surface area contributed by atoms with E-state index in [0.717, 1.165) is 17.2 Å². The number of imide groups is 1. The van der Waals surface area contributed by atoms with Crippen LogP contribution in [-0.2, 0) is 20.8 Å². The molecule has 0 aliphatic carbocycles. The van der Waals surface area contributed by atoms with Crippen molar-refractivity contribution < 1.29 is 66.9 Å². The van der Waals surface area contributed by atoms with Gasteiger partial charge in [0.15, 0.2) is 23.1 Å². The number of aromatic carboxylic acids is 1. The third-order valence-electron chi connectivity index (χ3n) is 8.58. The number of pyridine rings is 1. The summed E-state index contributed by atoms with van der Waals surface area (Å²) in [6, 6.07) is 0.582. The first-order valence-electron chi connectivity index (χ1n) is 15.8. The highest BCUT2D eigenvalue weighted by Gasteiger charge is 2.42. The minimum atomic E-state index is -1.95. The molecule has 2 atom stereocenters. The van der Waals surface area contributed by atoms with Crippen molar-refractivity contribution in [1.29, 1.82) is 0 Å². The van der Waals surface area contributed by atoms with Crippen LogP contribution in [0.3, 0.4) is 0 Å². The van der Waals surface area contributed by atoms with Crippen LogP contribution in [-0.4, -0.2) is 110 Å². The highest BCUT2D eigenvalue weighted by Crippen LogP contribution is 2.37. The number of rotatable bonds is 10. The van der Waals surface area contributed by atoms with Crippen LogP contribution in [0.5, 0.6) is 17.2 Å². The average Bonchev–Trinajstić information content (AvgIpc) is 3.11. The van der Waals surface area contributed by atoms with Gasteiger partial charge in [-0.2, -0.15) is 0 Å². The summed E-state index contributed by atoms with van der Waals surface area (Å²) in [6.45, 7) is 0.599. The van der Waals surface area contributed by atoms with E-state index in [1.54, 1.807) is 0 Å². The molecule has 0 bridgehead atoms. The summed E-state index contributed by atoms with van der Waals surface area (Å²) in [5.74, 6) is -13.3. The number of piperazine rings is 1. The molecule has 2 aliphatic heterocycles. The third-order valence-corrected chi connectivity index (χ3v) is 8.58. The van der Waals surface area contributed by atoms with Gasteiger partial charge in [0, 0.05) is 37.9 Å². The second-order valence-electron chi connectivity index (χ2n) is 11.9. The zero-order chi connectivity index (χ0) is 38.7. The van der Waals surface area contributed by atoms with E-state index in [4.69, 9.17) is 4.65 Å². The highest BCUT2D eigenvalue weighted by molar-refractivity contribution is 6.47. The number of phenols is 2. The van der Waals surface area contributed by atoms with Crippen LogP contribution in [0, 0.1) is 24.4 Å². The molecule has 17 nitrogen and oxygen atoms in total. The number of fused-ring (bicyclic) bond motifs is 1. The van der Waals surface area contributed by atoms with Gasteiger partial charge in [-0.15, -0.1) is 0 Å². The largest absolute Gasteiger partial charge is 0.547 e. The van der Waals surface area contributed by atoms with E-state index in [2.05, 4.69) is 20.9 Å². The van der Waals surface area contributed by atoms with Crippen molar-refractivity contribution in [2.24, 2.45) is 0 Å². The second kappa shape index (κ2) is 15.5. The van der Waals surface area contributed by atoms with Crippen LogP contribution in [0.25, 0.3) is 0 Å². The summed E-state index contributed by atoms with van der Waals surface area (Å²) >= 11 is 0. The van der Waals surface area contributed by atoms with E-state index >= 15 is 0 Å². The smallest absolute Gasteiger partial charge is 0.534 e. The van der Waals surface area contributed by atoms with Gasteiger partial charge in [0.1, 0.15) is 23.2 Å². The van der Waals surface area contributed by atoms with E-state index in [1.807, 2.05) is 0 Å². The van der Waals surface area contributed by atoms with Crippen molar-refractivity contribution in [3.8, 4) is 17.2 Å². The van der Waals surface area contributed by atoms with E-state index in [0.29, 0.717) is 11.0 Å².